The lowest BCUT2D eigenvalue weighted by molar-refractivity contribution is -0.143. The van der Waals surface area contributed by atoms with Crippen molar-refractivity contribution in [2.24, 2.45) is 0 Å². The first-order valence-electron chi connectivity index (χ1n) is 5.92. The van der Waals surface area contributed by atoms with Crippen molar-refractivity contribution < 1.29 is 14.3 Å². The zero-order chi connectivity index (χ0) is 14.3. The summed E-state index contributed by atoms with van der Waals surface area (Å²) in [6.07, 6.45) is 1.55. The average Bonchev–Trinajstić information content (AvgIpc) is 2.37. The molecule has 0 fully saturated rings. The molecule has 0 spiro atoms. The van der Waals surface area contributed by atoms with Crippen LogP contribution in [0.4, 0.5) is 0 Å². The second-order valence-corrected chi connectivity index (χ2v) is 4.58. The number of nitrogens with zero attached hydrogens (tertiary/aromatic N) is 2. The molecule has 1 aliphatic rings. The van der Waals surface area contributed by atoms with E-state index in [-0.39, 0.29) is 6.61 Å². The van der Waals surface area contributed by atoms with E-state index >= 15 is 0 Å². The molecular formula is C13H17ClN2O3. The number of carbonyl (C=O) groups excluding carboxylic acids is 2. The number of rotatable bonds is 2. The van der Waals surface area contributed by atoms with Gasteiger partial charge in [0, 0.05) is 32.1 Å². The van der Waals surface area contributed by atoms with Crippen LogP contribution >= 0.6 is 11.6 Å². The van der Waals surface area contributed by atoms with E-state index in [1.165, 1.54) is 18.2 Å². The summed E-state index contributed by atoms with van der Waals surface area (Å²) in [5.74, 6) is -0.424. The van der Waals surface area contributed by atoms with E-state index in [2.05, 4.69) is 27.7 Å². The Morgan fingerprint density at radius 3 is 2.89 bits per heavy atom. The van der Waals surface area contributed by atoms with Crippen LogP contribution in [0.3, 0.4) is 0 Å². The fourth-order valence-electron chi connectivity index (χ4n) is 1.68. The number of likely N-dealkylation sites (N-methyl/N-ethyl adjacent to an activating group) is 1. The summed E-state index contributed by atoms with van der Waals surface area (Å²) in [6.45, 7) is 3.21. The molecule has 0 aliphatic carbocycles. The fourth-order valence-corrected chi connectivity index (χ4v) is 1.85. The smallest absolute Gasteiger partial charge is 0.303 e. The summed E-state index contributed by atoms with van der Waals surface area (Å²) in [5, 5.41) is 0.610. The summed E-state index contributed by atoms with van der Waals surface area (Å²) < 4.78 is 4.18. The van der Waals surface area contributed by atoms with Gasteiger partial charge in [-0.1, -0.05) is 17.7 Å². The first-order chi connectivity index (χ1) is 9.02. The molecule has 104 valence electrons. The summed E-state index contributed by atoms with van der Waals surface area (Å²) in [6, 6.07) is 3.93. The Morgan fingerprint density at radius 1 is 1.58 bits per heavy atom. The largest absolute Gasteiger partial charge is 0.458 e. The zero-order valence-electron chi connectivity index (χ0n) is 11.1. The number of hydrogen-bond acceptors (Lipinski definition) is 5. The highest BCUT2D eigenvalue weighted by molar-refractivity contribution is 6.29. The minimum atomic E-state index is -0.424. The Kier molecular flexibility index (Phi) is 6.45. The Labute approximate surface area is 117 Å². The minimum absolute atomic E-state index is 0.130. The molecule has 0 atom stereocenters. The summed E-state index contributed by atoms with van der Waals surface area (Å²) in [4.78, 5) is 25.8. The van der Waals surface area contributed by atoms with E-state index in [1.54, 1.807) is 0 Å². The van der Waals surface area contributed by atoms with Gasteiger partial charge in [0.2, 0.25) is 0 Å². The van der Waals surface area contributed by atoms with Crippen LogP contribution in [0, 0.1) is 0 Å². The van der Waals surface area contributed by atoms with E-state index in [0.29, 0.717) is 11.4 Å². The van der Waals surface area contributed by atoms with Crippen LogP contribution < -0.4 is 0 Å². The van der Waals surface area contributed by atoms with Gasteiger partial charge < -0.3 is 9.64 Å². The fraction of sp³-hybridized carbons (Fsp3) is 0.462. The summed E-state index contributed by atoms with van der Waals surface area (Å²) >= 11 is 5.79. The third kappa shape index (κ3) is 5.81. The number of carbonyl (C=O) groups is 2. The van der Waals surface area contributed by atoms with Crippen molar-refractivity contribution in [3.63, 3.8) is 0 Å². The van der Waals surface area contributed by atoms with Crippen molar-refractivity contribution in [3.05, 3.63) is 28.5 Å². The van der Waals surface area contributed by atoms with E-state index in [0.717, 1.165) is 19.5 Å². The number of hydrogen-bond donors (Lipinski definition) is 0. The predicted molar refractivity (Wildman–Crippen MR) is 72.0 cm³/mol. The van der Waals surface area contributed by atoms with Gasteiger partial charge in [-0.2, -0.15) is 0 Å². The normalized spacial score (nSPS) is 13.8. The molecule has 0 aromatic carbocycles. The molecule has 1 aromatic rings. The molecule has 0 saturated heterocycles. The molecular weight excluding hydrogens is 268 g/mol. The Bertz CT molecular complexity index is 452. The second kappa shape index (κ2) is 7.86. The van der Waals surface area contributed by atoms with E-state index in [9.17, 15) is 9.59 Å². The van der Waals surface area contributed by atoms with E-state index < -0.39 is 5.97 Å². The van der Waals surface area contributed by atoms with Gasteiger partial charge in [-0.05, 0) is 18.7 Å². The maximum Gasteiger partial charge on any atom is 0.303 e. The lowest BCUT2D eigenvalue weighted by Crippen LogP contribution is -2.27. The molecule has 5 nitrogen and oxygen atoms in total. The predicted octanol–water partition coefficient (Wildman–Crippen LogP) is 1.47. The third-order valence-corrected chi connectivity index (χ3v) is 2.77. The van der Waals surface area contributed by atoms with Crippen LogP contribution in [-0.2, 0) is 27.3 Å². The average molecular weight is 285 g/mol. The highest BCUT2D eigenvalue weighted by Gasteiger charge is 2.13. The first-order valence-corrected chi connectivity index (χ1v) is 6.30. The van der Waals surface area contributed by atoms with Crippen LogP contribution in [0.25, 0.3) is 0 Å². The molecule has 0 bridgehead atoms. The number of pyridine rings is 1. The molecule has 2 rings (SSSR count). The number of fused-ring (bicyclic) bond motifs is 1. The van der Waals surface area contributed by atoms with Crippen LogP contribution in [0.5, 0.6) is 0 Å². The molecule has 1 aromatic heterocycles. The van der Waals surface area contributed by atoms with Crippen molar-refractivity contribution >= 4 is 23.9 Å². The molecule has 0 radical (unpaired) electrons. The molecule has 0 unspecified atom stereocenters. The third-order valence-electron chi connectivity index (χ3n) is 2.56. The molecule has 6 heteroatoms. The SMILES string of the molecule is CC(=O)OCC=O.CN1CCc2nc(Cl)ccc2C1. The standard InChI is InChI=1S/C9H11ClN2.C4H6O3/c1-12-5-4-8-7(6-12)2-3-9(10)11-8;1-4(6)7-3-2-5/h2-3H,4-6H2,1H3;2H,3H2,1H3. The Balaban J connectivity index is 0.000000224. The lowest BCUT2D eigenvalue weighted by Gasteiger charge is -2.23. The van der Waals surface area contributed by atoms with Crippen LogP contribution in [0.2, 0.25) is 5.15 Å². The molecule has 0 saturated carbocycles. The summed E-state index contributed by atoms with van der Waals surface area (Å²) in [5.41, 5.74) is 2.48. The van der Waals surface area contributed by atoms with Crippen molar-refractivity contribution in [1.29, 1.82) is 0 Å². The molecule has 2 heterocycles. The minimum Gasteiger partial charge on any atom is -0.458 e. The molecule has 0 amide bonds. The number of halogens is 1. The second-order valence-electron chi connectivity index (χ2n) is 4.20. The van der Waals surface area contributed by atoms with Gasteiger partial charge in [-0.15, -0.1) is 0 Å². The number of aldehydes is 1. The van der Waals surface area contributed by atoms with E-state index in [4.69, 9.17) is 11.6 Å². The van der Waals surface area contributed by atoms with Gasteiger partial charge in [-0.3, -0.25) is 9.59 Å². The van der Waals surface area contributed by atoms with Gasteiger partial charge in [-0.25, -0.2) is 4.98 Å². The lowest BCUT2D eigenvalue weighted by atomic mass is 10.1. The molecule has 1 aliphatic heterocycles. The van der Waals surface area contributed by atoms with Crippen LogP contribution in [0.1, 0.15) is 18.2 Å². The van der Waals surface area contributed by atoms with Gasteiger partial charge in [0.15, 0.2) is 6.29 Å². The van der Waals surface area contributed by atoms with Gasteiger partial charge >= 0.3 is 5.97 Å². The highest BCUT2D eigenvalue weighted by Crippen LogP contribution is 2.17. The van der Waals surface area contributed by atoms with Crippen molar-refractivity contribution in [2.45, 2.75) is 19.9 Å². The number of ether oxygens (including phenoxy) is 1. The molecule has 19 heavy (non-hydrogen) atoms. The van der Waals surface area contributed by atoms with Crippen molar-refractivity contribution in [1.82, 2.24) is 9.88 Å². The van der Waals surface area contributed by atoms with Gasteiger partial charge in [0.1, 0.15) is 11.8 Å². The van der Waals surface area contributed by atoms with Crippen LogP contribution in [-0.4, -0.2) is 42.3 Å². The van der Waals surface area contributed by atoms with E-state index in [1.807, 2.05) is 6.07 Å². The Hall–Kier alpha value is -1.46. The maximum atomic E-state index is 9.82. The molecule has 0 N–H and O–H groups in total. The van der Waals surface area contributed by atoms with Crippen molar-refractivity contribution in [3.8, 4) is 0 Å². The topological polar surface area (TPSA) is 59.5 Å². The number of aromatic nitrogens is 1. The van der Waals surface area contributed by atoms with Crippen LogP contribution in [0.15, 0.2) is 12.1 Å². The van der Waals surface area contributed by atoms with Gasteiger partial charge in [0.05, 0.1) is 0 Å². The first kappa shape index (κ1) is 15.6. The Morgan fingerprint density at radius 2 is 2.32 bits per heavy atom. The summed E-state index contributed by atoms with van der Waals surface area (Å²) in [7, 11) is 2.12. The highest BCUT2D eigenvalue weighted by atomic mass is 35.5. The number of esters is 1. The zero-order valence-corrected chi connectivity index (χ0v) is 11.8. The van der Waals surface area contributed by atoms with Gasteiger partial charge in [0.25, 0.3) is 0 Å². The monoisotopic (exact) mass is 284 g/mol. The maximum absolute atomic E-state index is 9.82. The van der Waals surface area contributed by atoms with Crippen molar-refractivity contribution in [2.75, 3.05) is 20.2 Å². The quantitative estimate of drug-likeness (QED) is 0.468.